The fraction of sp³-hybridized carbons (Fsp3) is 0.105. The van der Waals surface area contributed by atoms with Crippen molar-refractivity contribution < 1.29 is 4.79 Å². The molecule has 0 atom stereocenters. The Morgan fingerprint density at radius 2 is 1.62 bits per heavy atom. The normalized spacial score (nSPS) is 10.2. The number of carbonyl (C=O) groups is 1. The zero-order valence-electron chi connectivity index (χ0n) is 13.1. The predicted molar refractivity (Wildman–Crippen MR) is 95.1 cm³/mol. The summed E-state index contributed by atoms with van der Waals surface area (Å²) in [6.07, 6.45) is 2.28. The van der Waals surface area contributed by atoms with E-state index in [1.807, 2.05) is 48.5 Å². The molecular formula is C19H18N4O. The second-order valence-corrected chi connectivity index (χ2v) is 5.27. The molecule has 120 valence electrons. The summed E-state index contributed by atoms with van der Waals surface area (Å²) in [4.78, 5) is 20.4. The van der Waals surface area contributed by atoms with Crippen molar-refractivity contribution in [1.29, 1.82) is 0 Å². The maximum Gasteiger partial charge on any atom is 0.274 e. The van der Waals surface area contributed by atoms with Crippen LogP contribution in [-0.4, -0.2) is 22.4 Å². The molecule has 5 heteroatoms. The molecule has 0 saturated carbocycles. The first-order valence-electron chi connectivity index (χ1n) is 7.77. The van der Waals surface area contributed by atoms with Crippen molar-refractivity contribution in [3.8, 4) is 0 Å². The van der Waals surface area contributed by atoms with Gasteiger partial charge in [-0.05, 0) is 24.1 Å². The van der Waals surface area contributed by atoms with Gasteiger partial charge >= 0.3 is 0 Å². The van der Waals surface area contributed by atoms with Gasteiger partial charge in [0.15, 0.2) is 0 Å². The second-order valence-electron chi connectivity index (χ2n) is 5.27. The van der Waals surface area contributed by atoms with Gasteiger partial charge in [-0.2, -0.15) is 0 Å². The highest BCUT2D eigenvalue weighted by Crippen LogP contribution is 2.10. The molecule has 0 aliphatic carbocycles. The monoisotopic (exact) mass is 318 g/mol. The zero-order valence-corrected chi connectivity index (χ0v) is 13.1. The number of nitrogens with one attached hydrogen (secondary N) is 2. The van der Waals surface area contributed by atoms with Gasteiger partial charge in [0.1, 0.15) is 17.8 Å². The van der Waals surface area contributed by atoms with Gasteiger partial charge in [-0.15, -0.1) is 0 Å². The lowest BCUT2D eigenvalue weighted by Crippen LogP contribution is -2.15. The number of carbonyl (C=O) groups excluding carboxylic acids is 1. The number of hydrogen-bond acceptors (Lipinski definition) is 4. The number of aromatic nitrogens is 2. The van der Waals surface area contributed by atoms with Gasteiger partial charge in [-0.3, -0.25) is 4.79 Å². The van der Waals surface area contributed by atoms with Gasteiger partial charge in [0.2, 0.25) is 0 Å². The highest BCUT2D eigenvalue weighted by atomic mass is 16.1. The van der Waals surface area contributed by atoms with Crippen LogP contribution in [0.15, 0.2) is 73.1 Å². The van der Waals surface area contributed by atoms with Crippen molar-refractivity contribution >= 4 is 17.4 Å². The summed E-state index contributed by atoms with van der Waals surface area (Å²) in [5, 5.41) is 6.03. The standard InChI is InChI=1S/C19H18N4O/c24-19(23-16-9-5-2-6-10-16)17-13-18(22-14-21-17)20-12-11-15-7-3-1-4-8-15/h1-10,13-14H,11-12H2,(H,23,24)(H,20,21,22). The van der Waals surface area contributed by atoms with Crippen LogP contribution in [0.3, 0.4) is 0 Å². The molecular weight excluding hydrogens is 300 g/mol. The Hall–Kier alpha value is -3.21. The summed E-state index contributed by atoms with van der Waals surface area (Å²) >= 11 is 0. The Morgan fingerprint density at radius 3 is 2.38 bits per heavy atom. The highest BCUT2D eigenvalue weighted by molar-refractivity contribution is 6.03. The summed E-state index contributed by atoms with van der Waals surface area (Å²) in [6, 6.07) is 21.2. The molecule has 0 aliphatic heterocycles. The Kier molecular flexibility index (Phi) is 5.14. The quantitative estimate of drug-likeness (QED) is 0.731. The van der Waals surface area contributed by atoms with Gasteiger partial charge in [0.05, 0.1) is 0 Å². The largest absolute Gasteiger partial charge is 0.370 e. The van der Waals surface area contributed by atoms with Crippen LogP contribution in [0.1, 0.15) is 16.1 Å². The lowest BCUT2D eigenvalue weighted by molar-refractivity contribution is 0.102. The van der Waals surface area contributed by atoms with Gasteiger partial charge in [0, 0.05) is 18.3 Å². The minimum absolute atomic E-state index is 0.255. The van der Waals surface area contributed by atoms with Crippen molar-refractivity contribution in [2.24, 2.45) is 0 Å². The van der Waals surface area contributed by atoms with E-state index in [0.29, 0.717) is 11.5 Å². The lowest BCUT2D eigenvalue weighted by atomic mass is 10.1. The van der Waals surface area contributed by atoms with Crippen LogP contribution in [0.4, 0.5) is 11.5 Å². The molecule has 3 aromatic rings. The number of nitrogens with zero attached hydrogens (tertiary/aromatic N) is 2. The third kappa shape index (κ3) is 4.39. The third-order valence-corrected chi connectivity index (χ3v) is 3.49. The first-order chi connectivity index (χ1) is 11.8. The summed E-state index contributed by atoms with van der Waals surface area (Å²) in [5.74, 6) is 0.383. The van der Waals surface area contributed by atoms with Crippen LogP contribution in [0, 0.1) is 0 Å². The third-order valence-electron chi connectivity index (χ3n) is 3.49. The van der Waals surface area contributed by atoms with E-state index in [1.165, 1.54) is 11.9 Å². The molecule has 0 fully saturated rings. The Morgan fingerprint density at radius 1 is 0.917 bits per heavy atom. The predicted octanol–water partition coefficient (Wildman–Crippen LogP) is 3.38. The van der Waals surface area contributed by atoms with E-state index in [9.17, 15) is 4.79 Å². The number of para-hydroxylation sites is 1. The highest BCUT2D eigenvalue weighted by Gasteiger charge is 2.09. The van der Waals surface area contributed by atoms with E-state index >= 15 is 0 Å². The fourth-order valence-corrected chi connectivity index (χ4v) is 2.27. The van der Waals surface area contributed by atoms with E-state index < -0.39 is 0 Å². The molecule has 0 bridgehead atoms. The molecule has 2 N–H and O–H groups in total. The number of rotatable bonds is 6. The summed E-state index contributed by atoms with van der Waals surface area (Å²) in [5.41, 5.74) is 2.32. The first kappa shape index (κ1) is 15.7. The van der Waals surface area contributed by atoms with Crippen molar-refractivity contribution in [2.75, 3.05) is 17.2 Å². The second kappa shape index (κ2) is 7.87. The van der Waals surface area contributed by atoms with Gasteiger partial charge in [-0.25, -0.2) is 9.97 Å². The zero-order chi connectivity index (χ0) is 16.6. The van der Waals surface area contributed by atoms with Gasteiger partial charge in [0.25, 0.3) is 5.91 Å². The molecule has 0 aliphatic rings. The minimum Gasteiger partial charge on any atom is -0.370 e. The number of anilines is 2. The van der Waals surface area contributed by atoms with Crippen molar-refractivity contribution in [1.82, 2.24) is 9.97 Å². The molecule has 1 amide bonds. The average Bonchev–Trinajstić information content (AvgIpc) is 2.64. The van der Waals surface area contributed by atoms with E-state index in [2.05, 4.69) is 32.7 Å². The fourth-order valence-electron chi connectivity index (χ4n) is 2.27. The molecule has 24 heavy (non-hydrogen) atoms. The van der Waals surface area contributed by atoms with Crippen molar-refractivity contribution in [2.45, 2.75) is 6.42 Å². The van der Waals surface area contributed by atoms with E-state index in [0.717, 1.165) is 18.7 Å². The molecule has 1 aromatic heterocycles. The molecule has 1 heterocycles. The maximum absolute atomic E-state index is 12.2. The number of hydrogen-bond donors (Lipinski definition) is 2. The van der Waals surface area contributed by atoms with Crippen molar-refractivity contribution in [3.63, 3.8) is 0 Å². The summed E-state index contributed by atoms with van der Waals surface area (Å²) in [7, 11) is 0. The first-order valence-corrected chi connectivity index (χ1v) is 7.77. The van der Waals surface area contributed by atoms with Crippen LogP contribution in [0.5, 0.6) is 0 Å². The van der Waals surface area contributed by atoms with E-state index in [-0.39, 0.29) is 5.91 Å². The molecule has 0 saturated heterocycles. The van der Waals surface area contributed by atoms with Crippen LogP contribution < -0.4 is 10.6 Å². The minimum atomic E-state index is -0.255. The van der Waals surface area contributed by atoms with Gasteiger partial charge < -0.3 is 10.6 Å². The molecule has 3 rings (SSSR count). The Labute approximate surface area is 140 Å². The van der Waals surface area contributed by atoms with E-state index in [4.69, 9.17) is 0 Å². The Balaban J connectivity index is 1.58. The summed E-state index contributed by atoms with van der Waals surface area (Å²) in [6.45, 7) is 0.737. The van der Waals surface area contributed by atoms with Gasteiger partial charge in [-0.1, -0.05) is 48.5 Å². The molecule has 2 aromatic carbocycles. The van der Waals surface area contributed by atoms with Crippen LogP contribution >= 0.6 is 0 Å². The molecule has 0 spiro atoms. The van der Waals surface area contributed by atoms with Crippen molar-refractivity contribution in [3.05, 3.63) is 84.3 Å². The molecule has 0 unspecified atom stereocenters. The van der Waals surface area contributed by atoms with Crippen LogP contribution in [0.2, 0.25) is 0 Å². The summed E-state index contributed by atoms with van der Waals surface area (Å²) < 4.78 is 0. The Bertz CT molecular complexity index is 791. The van der Waals surface area contributed by atoms with Crippen LogP contribution in [0.25, 0.3) is 0 Å². The SMILES string of the molecule is O=C(Nc1ccccc1)c1cc(NCCc2ccccc2)ncn1. The topological polar surface area (TPSA) is 66.9 Å². The average molecular weight is 318 g/mol. The van der Waals surface area contributed by atoms with E-state index in [1.54, 1.807) is 6.07 Å². The smallest absolute Gasteiger partial charge is 0.274 e. The maximum atomic E-state index is 12.2. The molecule has 5 nitrogen and oxygen atoms in total. The number of amides is 1. The van der Waals surface area contributed by atoms with Crippen LogP contribution in [-0.2, 0) is 6.42 Å². The number of benzene rings is 2. The lowest BCUT2D eigenvalue weighted by Gasteiger charge is -2.08. The molecule has 0 radical (unpaired) electrons.